The summed E-state index contributed by atoms with van der Waals surface area (Å²) in [6.45, 7) is -0.222. The van der Waals surface area contributed by atoms with Crippen molar-refractivity contribution in [3.8, 4) is 0 Å². The van der Waals surface area contributed by atoms with Gasteiger partial charge in [-0.05, 0) is 41.8 Å². The van der Waals surface area contributed by atoms with Crippen molar-refractivity contribution in [3.05, 3.63) is 97.5 Å². The van der Waals surface area contributed by atoms with Gasteiger partial charge in [0.15, 0.2) is 0 Å². The van der Waals surface area contributed by atoms with Crippen LogP contribution in [0.3, 0.4) is 0 Å². The van der Waals surface area contributed by atoms with Crippen LogP contribution in [0.4, 0.5) is 5.69 Å². The number of hydrogen-bond donors (Lipinski definition) is 1. The third kappa shape index (κ3) is 3.52. The smallest absolute Gasteiger partial charge is 0.349 e. The number of nitrogens with one attached hydrogen (secondary N) is 1. The predicted octanol–water partition coefficient (Wildman–Crippen LogP) is 4.69. The Morgan fingerprint density at radius 1 is 1.10 bits per heavy atom. The summed E-state index contributed by atoms with van der Waals surface area (Å²) < 4.78 is 5.36. The summed E-state index contributed by atoms with van der Waals surface area (Å²) in [7, 11) is 0. The van der Waals surface area contributed by atoms with E-state index in [2.05, 4.69) is 5.32 Å². The highest BCUT2D eigenvalue weighted by molar-refractivity contribution is 7.10. The van der Waals surface area contributed by atoms with Crippen LogP contribution in [0, 0.1) is 0 Å². The van der Waals surface area contributed by atoms with Crippen molar-refractivity contribution < 1.29 is 14.0 Å². The van der Waals surface area contributed by atoms with E-state index in [1.165, 1.54) is 22.3 Å². The molecule has 8 heteroatoms. The van der Waals surface area contributed by atoms with Gasteiger partial charge in [0.25, 0.3) is 5.91 Å². The first-order valence-corrected chi connectivity index (χ1v) is 10.7. The van der Waals surface area contributed by atoms with E-state index in [4.69, 9.17) is 16.0 Å². The summed E-state index contributed by atoms with van der Waals surface area (Å²) in [6.07, 6.45) is 0. The molecule has 1 unspecified atom stereocenters. The third-order valence-corrected chi connectivity index (χ3v) is 6.31. The minimum absolute atomic E-state index is 0.126. The molecule has 2 amide bonds. The highest BCUT2D eigenvalue weighted by Crippen LogP contribution is 2.39. The van der Waals surface area contributed by atoms with E-state index in [-0.39, 0.29) is 18.0 Å². The number of fused-ring (bicyclic) bond motifs is 2. The zero-order chi connectivity index (χ0) is 21.5. The maximum atomic E-state index is 13.6. The first kappa shape index (κ1) is 19.5. The lowest BCUT2D eigenvalue weighted by molar-refractivity contribution is -0.117. The van der Waals surface area contributed by atoms with Crippen LogP contribution in [0.15, 0.2) is 75.3 Å². The molecule has 0 saturated carbocycles. The summed E-state index contributed by atoms with van der Waals surface area (Å²) in [4.78, 5) is 41.2. The molecule has 0 bridgehead atoms. The first-order chi connectivity index (χ1) is 15.0. The molecule has 1 aliphatic rings. The molecule has 0 spiro atoms. The van der Waals surface area contributed by atoms with Gasteiger partial charge in [-0.1, -0.05) is 35.9 Å². The second kappa shape index (κ2) is 7.68. The zero-order valence-electron chi connectivity index (χ0n) is 16.0. The Balaban J connectivity index is 1.69. The summed E-state index contributed by atoms with van der Waals surface area (Å²) in [5.41, 5.74) is 0.778. The van der Waals surface area contributed by atoms with Gasteiger partial charge in [0.2, 0.25) is 5.91 Å². The lowest BCUT2D eigenvalue weighted by Crippen LogP contribution is -2.40. The zero-order valence-corrected chi connectivity index (χ0v) is 17.6. The summed E-state index contributed by atoms with van der Waals surface area (Å²) >= 11 is 7.71. The minimum atomic E-state index is -0.746. The van der Waals surface area contributed by atoms with E-state index in [1.807, 2.05) is 17.5 Å². The van der Waals surface area contributed by atoms with E-state index in [9.17, 15) is 14.4 Å². The van der Waals surface area contributed by atoms with E-state index in [0.29, 0.717) is 27.2 Å². The monoisotopic (exact) mass is 450 g/mol. The molecule has 4 aromatic rings. The van der Waals surface area contributed by atoms with E-state index in [1.54, 1.807) is 42.5 Å². The number of halogens is 1. The molecule has 6 nitrogen and oxygen atoms in total. The van der Waals surface area contributed by atoms with Crippen molar-refractivity contribution >= 4 is 51.4 Å². The molecule has 1 atom stereocenters. The standard InChI is InChI=1S/C23H15ClN2O4S/c24-14-7-8-17-15(11-14)21(19-6-3-9-31-19)26(12-20(27)25-17)22(28)16-10-13-4-1-2-5-18(13)30-23(16)29/h1-11,21H,12H2,(H,25,27). The van der Waals surface area contributed by atoms with Gasteiger partial charge in [0.05, 0.1) is 6.04 Å². The summed E-state index contributed by atoms with van der Waals surface area (Å²) in [5, 5.41) is 5.84. The van der Waals surface area contributed by atoms with Gasteiger partial charge in [-0.15, -0.1) is 11.3 Å². The Kier molecular flexibility index (Phi) is 4.84. The fourth-order valence-electron chi connectivity index (χ4n) is 3.79. The van der Waals surface area contributed by atoms with Crippen LogP contribution in [-0.2, 0) is 4.79 Å². The van der Waals surface area contributed by atoms with Crippen molar-refractivity contribution in [3.63, 3.8) is 0 Å². The highest BCUT2D eigenvalue weighted by atomic mass is 35.5. The topological polar surface area (TPSA) is 79.6 Å². The molecule has 31 heavy (non-hydrogen) atoms. The summed E-state index contributed by atoms with van der Waals surface area (Å²) in [5.74, 6) is -0.943. The average Bonchev–Trinajstić information content (AvgIpc) is 3.24. The molecule has 0 aliphatic carbocycles. The Labute approximate surface area is 185 Å². The summed E-state index contributed by atoms with van der Waals surface area (Å²) in [6, 6.07) is 16.8. The van der Waals surface area contributed by atoms with Crippen molar-refractivity contribution in [2.75, 3.05) is 11.9 Å². The Morgan fingerprint density at radius 2 is 1.94 bits per heavy atom. The number of amides is 2. The van der Waals surface area contributed by atoms with Crippen molar-refractivity contribution in [1.29, 1.82) is 0 Å². The van der Waals surface area contributed by atoms with Crippen molar-refractivity contribution in [1.82, 2.24) is 4.90 Å². The molecule has 1 N–H and O–H groups in total. The number of thiophene rings is 1. The van der Waals surface area contributed by atoms with E-state index >= 15 is 0 Å². The molecular weight excluding hydrogens is 436 g/mol. The van der Waals surface area contributed by atoms with Gasteiger partial charge < -0.3 is 14.6 Å². The van der Waals surface area contributed by atoms with E-state index in [0.717, 1.165) is 4.88 Å². The maximum absolute atomic E-state index is 13.6. The lowest BCUT2D eigenvalue weighted by Gasteiger charge is -2.29. The number of nitrogens with zero attached hydrogens (tertiary/aromatic N) is 1. The molecule has 1 aliphatic heterocycles. The maximum Gasteiger partial charge on any atom is 0.349 e. The molecule has 5 rings (SSSR count). The number of anilines is 1. The Bertz CT molecular complexity index is 1380. The Hall–Kier alpha value is -3.42. The SMILES string of the molecule is O=C1CN(C(=O)c2cc3ccccc3oc2=O)C(c2cccs2)c2cc(Cl)ccc2N1. The van der Waals surface area contributed by atoms with Crippen LogP contribution in [0.2, 0.25) is 5.02 Å². The largest absolute Gasteiger partial charge is 0.422 e. The lowest BCUT2D eigenvalue weighted by atomic mass is 10.0. The van der Waals surface area contributed by atoms with Gasteiger partial charge in [-0.2, -0.15) is 0 Å². The minimum Gasteiger partial charge on any atom is -0.422 e. The second-order valence-corrected chi connectivity index (χ2v) is 8.53. The van der Waals surface area contributed by atoms with Gasteiger partial charge in [0, 0.05) is 26.5 Å². The Morgan fingerprint density at radius 3 is 2.74 bits per heavy atom. The molecule has 0 fully saturated rings. The quantitative estimate of drug-likeness (QED) is 0.449. The van der Waals surface area contributed by atoms with Crippen LogP contribution < -0.4 is 10.9 Å². The van der Waals surface area contributed by atoms with Gasteiger partial charge in [-0.25, -0.2) is 4.79 Å². The molecule has 3 heterocycles. The molecule has 2 aromatic heterocycles. The number of para-hydroxylation sites is 1. The normalized spacial score (nSPS) is 16.0. The van der Waals surface area contributed by atoms with Gasteiger partial charge >= 0.3 is 5.63 Å². The third-order valence-electron chi connectivity index (χ3n) is 5.15. The van der Waals surface area contributed by atoms with Crippen molar-refractivity contribution in [2.24, 2.45) is 0 Å². The van der Waals surface area contributed by atoms with Gasteiger partial charge in [0.1, 0.15) is 17.7 Å². The van der Waals surface area contributed by atoms with Crippen LogP contribution in [0.25, 0.3) is 11.0 Å². The second-order valence-electron chi connectivity index (χ2n) is 7.12. The number of carbonyl (C=O) groups excluding carboxylic acids is 2. The average molecular weight is 451 g/mol. The van der Waals surface area contributed by atoms with Crippen LogP contribution in [0.1, 0.15) is 26.8 Å². The molecule has 0 saturated heterocycles. The van der Waals surface area contributed by atoms with Gasteiger partial charge in [-0.3, -0.25) is 9.59 Å². The first-order valence-electron chi connectivity index (χ1n) is 9.48. The number of benzene rings is 2. The highest BCUT2D eigenvalue weighted by Gasteiger charge is 2.35. The van der Waals surface area contributed by atoms with E-state index < -0.39 is 17.6 Å². The fraction of sp³-hybridized carbons (Fsp3) is 0.0870. The number of carbonyl (C=O) groups is 2. The predicted molar refractivity (Wildman–Crippen MR) is 120 cm³/mol. The molecule has 154 valence electrons. The van der Waals surface area contributed by atoms with Crippen molar-refractivity contribution in [2.45, 2.75) is 6.04 Å². The number of rotatable bonds is 2. The van der Waals surface area contributed by atoms with Crippen LogP contribution in [0.5, 0.6) is 0 Å². The molecule has 0 radical (unpaired) electrons. The molecule has 2 aromatic carbocycles. The molecular formula is C23H15ClN2O4S. The van der Waals surface area contributed by atoms with Crippen LogP contribution >= 0.6 is 22.9 Å². The fourth-order valence-corrected chi connectivity index (χ4v) is 4.82. The van der Waals surface area contributed by atoms with Crippen LogP contribution in [-0.4, -0.2) is 23.3 Å². The number of hydrogen-bond acceptors (Lipinski definition) is 5.